The monoisotopic (exact) mass is 343 g/mol. The molecule has 6 nitrogen and oxygen atoms in total. The lowest BCUT2D eigenvalue weighted by Gasteiger charge is -2.20. The molecule has 134 valence electrons. The summed E-state index contributed by atoms with van der Waals surface area (Å²) in [5.41, 5.74) is 1.20. The number of hydrogen-bond donors (Lipinski definition) is 1. The van der Waals surface area contributed by atoms with Crippen molar-refractivity contribution in [2.75, 3.05) is 7.11 Å². The molecule has 3 aromatic rings. The molecule has 25 heavy (non-hydrogen) atoms. The first-order valence-electron chi connectivity index (χ1n) is 8.65. The molecule has 0 amide bonds. The van der Waals surface area contributed by atoms with Crippen molar-refractivity contribution in [3.63, 3.8) is 0 Å². The number of unbranched alkanes of at least 4 members (excludes halogenated alkanes) is 1. The maximum absolute atomic E-state index is 12.4. The molecule has 0 radical (unpaired) electrons. The Bertz CT molecular complexity index is 910. The zero-order chi connectivity index (χ0) is 18.2. The van der Waals surface area contributed by atoms with Crippen LogP contribution in [0.3, 0.4) is 0 Å². The second kappa shape index (κ2) is 6.52. The lowest BCUT2D eigenvalue weighted by atomic mass is 10.1. The molecular weight excluding hydrogens is 318 g/mol. The summed E-state index contributed by atoms with van der Waals surface area (Å²) in [5, 5.41) is 23.6. The zero-order valence-electron chi connectivity index (χ0n) is 15.2. The minimum atomic E-state index is -0.878. The molecule has 0 unspecified atom stereocenters. The van der Waals surface area contributed by atoms with Crippen LogP contribution in [0.25, 0.3) is 21.9 Å². The minimum absolute atomic E-state index is 0.423. The molecule has 3 rings (SSSR count). The summed E-state index contributed by atoms with van der Waals surface area (Å²) in [6.07, 6.45) is 4.40. The van der Waals surface area contributed by atoms with E-state index in [2.05, 4.69) is 16.5 Å². The van der Waals surface area contributed by atoms with Gasteiger partial charge in [-0.1, -0.05) is 13.3 Å². The van der Waals surface area contributed by atoms with Crippen molar-refractivity contribution in [2.45, 2.75) is 52.2 Å². The van der Waals surface area contributed by atoms with Gasteiger partial charge in [-0.15, -0.1) is 0 Å². The molecule has 1 N–H and O–H groups in total. The fourth-order valence-corrected chi connectivity index (χ4v) is 3.18. The Morgan fingerprint density at radius 1 is 1.36 bits per heavy atom. The third-order valence-corrected chi connectivity index (χ3v) is 4.31. The first kappa shape index (κ1) is 17.5. The molecule has 0 aliphatic carbocycles. The van der Waals surface area contributed by atoms with Crippen LogP contribution in [0.4, 0.5) is 0 Å². The van der Waals surface area contributed by atoms with E-state index in [4.69, 9.17) is 4.74 Å². The zero-order valence-corrected chi connectivity index (χ0v) is 15.2. The van der Waals surface area contributed by atoms with Crippen LogP contribution < -0.4 is 9.47 Å². The summed E-state index contributed by atoms with van der Waals surface area (Å²) in [5.74, 6) is 1.54. The molecule has 2 heterocycles. The van der Waals surface area contributed by atoms with Gasteiger partial charge in [-0.05, 0) is 32.4 Å². The van der Waals surface area contributed by atoms with E-state index in [-0.39, 0.29) is 0 Å². The molecule has 0 aliphatic heterocycles. The molecular formula is C19H25N3O3. The lowest BCUT2D eigenvalue weighted by molar-refractivity contribution is -0.575. The highest BCUT2D eigenvalue weighted by Gasteiger charge is 2.23. The molecule has 0 fully saturated rings. The molecule has 1 aromatic carbocycles. The highest BCUT2D eigenvalue weighted by Crippen LogP contribution is 2.28. The maximum Gasteiger partial charge on any atom is 0.229 e. The van der Waals surface area contributed by atoms with Gasteiger partial charge in [-0.2, -0.15) is 4.73 Å². The van der Waals surface area contributed by atoms with Crippen LogP contribution in [0, 0.1) is 5.21 Å². The van der Waals surface area contributed by atoms with Gasteiger partial charge in [0.25, 0.3) is 0 Å². The van der Waals surface area contributed by atoms with Crippen molar-refractivity contribution >= 4 is 21.9 Å². The molecule has 0 bridgehead atoms. The van der Waals surface area contributed by atoms with Gasteiger partial charge in [-0.3, -0.25) is 0 Å². The number of imidazole rings is 1. The summed E-state index contributed by atoms with van der Waals surface area (Å²) in [6.45, 7) is 6.12. The molecule has 0 spiro atoms. The van der Waals surface area contributed by atoms with E-state index in [1.165, 1.54) is 6.20 Å². The number of aliphatic hydroxyl groups is 1. The topological polar surface area (TPSA) is 74.2 Å². The Morgan fingerprint density at radius 3 is 2.76 bits per heavy atom. The Kier molecular flexibility index (Phi) is 4.56. The van der Waals surface area contributed by atoms with Gasteiger partial charge in [-0.25, -0.2) is 4.98 Å². The number of pyridine rings is 1. The van der Waals surface area contributed by atoms with Gasteiger partial charge in [0.05, 0.1) is 36.2 Å². The van der Waals surface area contributed by atoms with Gasteiger partial charge in [0, 0.05) is 6.42 Å². The van der Waals surface area contributed by atoms with Gasteiger partial charge >= 0.3 is 0 Å². The van der Waals surface area contributed by atoms with Crippen molar-refractivity contribution in [1.29, 1.82) is 0 Å². The number of ether oxygens (including phenoxy) is 1. The molecule has 0 saturated heterocycles. The molecule has 0 atom stereocenters. The molecule has 6 heteroatoms. The Hall–Kier alpha value is -2.34. The molecule has 0 saturated carbocycles. The summed E-state index contributed by atoms with van der Waals surface area (Å²) in [7, 11) is 1.58. The standard InChI is InChI=1S/C19H25N3O3/c1-5-6-7-17-20-15-11-22(24)16-10-13(25-4)8-9-14(16)18(15)21(17)12-19(2,3)23/h8-11,23H,5-7,12H2,1-4H3. The number of aryl methyl sites for hydroxylation is 1. The predicted molar refractivity (Wildman–Crippen MR) is 97.7 cm³/mol. The Labute approximate surface area is 147 Å². The number of nitrogens with zero attached hydrogens (tertiary/aromatic N) is 3. The van der Waals surface area contributed by atoms with E-state index in [9.17, 15) is 10.3 Å². The molecule has 0 aliphatic rings. The Morgan fingerprint density at radius 2 is 2.12 bits per heavy atom. The van der Waals surface area contributed by atoms with Crippen molar-refractivity contribution in [1.82, 2.24) is 9.55 Å². The third kappa shape index (κ3) is 3.39. The third-order valence-electron chi connectivity index (χ3n) is 4.31. The highest BCUT2D eigenvalue weighted by molar-refractivity contribution is 6.01. The number of benzene rings is 1. The quantitative estimate of drug-likeness (QED) is 0.552. The van der Waals surface area contributed by atoms with Gasteiger partial charge < -0.3 is 19.6 Å². The van der Waals surface area contributed by atoms with Crippen LogP contribution in [-0.4, -0.2) is 27.4 Å². The van der Waals surface area contributed by atoms with Crippen molar-refractivity contribution in [3.05, 3.63) is 35.4 Å². The largest absolute Gasteiger partial charge is 0.618 e. The average Bonchev–Trinajstić information content (AvgIpc) is 2.88. The van der Waals surface area contributed by atoms with E-state index in [0.717, 1.165) is 40.7 Å². The lowest BCUT2D eigenvalue weighted by Crippen LogP contribution is -2.28. The fraction of sp³-hybridized carbons (Fsp3) is 0.474. The van der Waals surface area contributed by atoms with Gasteiger partial charge in [0.2, 0.25) is 11.7 Å². The maximum atomic E-state index is 12.4. The van der Waals surface area contributed by atoms with Crippen LogP contribution in [0.1, 0.15) is 39.4 Å². The van der Waals surface area contributed by atoms with Crippen LogP contribution in [0.15, 0.2) is 24.4 Å². The number of hydrogen-bond acceptors (Lipinski definition) is 4. The van der Waals surface area contributed by atoms with Gasteiger partial charge in [0.1, 0.15) is 11.6 Å². The minimum Gasteiger partial charge on any atom is -0.618 e. The SMILES string of the molecule is CCCCc1nc2c[n+]([O-])c3cc(OC)ccc3c2n1CC(C)(C)O. The van der Waals surface area contributed by atoms with Crippen LogP contribution >= 0.6 is 0 Å². The van der Waals surface area contributed by atoms with E-state index >= 15 is 0 Å². The van der Waals surface area contributed by atoms with E-state index in [0.29, 0.717) is 23.3 Å². The van der Waals surface area contributed by atoms with E-state index in [1.54, 1.807) is 27.0 Å². The summed E-state index contributed by atoms with van der Waals surface area (Å²) in [4.78, 5) is 4.69. The number of aromatic nitrogens is 3. The van der Waals surface area contributed by atoms with E-state index in [1.807, 2.05) is 12.1 Å². The summed E-state index contributed by atoms with van der Waals surface area (Å²) < 4.78 is 8.14. The Balaban J connectivity index is 2.31. The predicted octanol–water partition coefficient (Wildman–Crippen LogP) is 2.95. The van der Waals surface area contributed by atoms with Crippen molar-refractivity contribution in [2.24, 2.45) is 0 Å². The first-order chi connectivity index (χ1) is 11.8. The van der Waals surface area contributed by atoms with E-state index < -0.39 is 5.60 Å². The second-order valence-electron chi connectivity index (χ2n) is 7.10. The van der Waals surface area contributed by atoms with Crippen molar-refractivity contribution < 1.29 is 14.6 Å². The van der Waals surface area contributed by atoms with Gasteiger partial charge in [0.15, 0.2) is 5.52 Å². The summed E-state index contributed by atoms with van der Waals surface area (Å²) in [6, 6.07) is 5.46. The number of methoxy groups -OCH3 is 1. The number of fused-ring (bicyclic) bond motifs is 3. The highest BCUT2D eigenvalue weighted by atomic mass is 16.5. The van der Waals surface area contributed by atoms with Crippen LogP contribution in [0.2, 0.25) is 0 Å². The normalized spacial score (nSPS) is 12.2. The van der Waals surface area contributed by atoms with Crippen molar-refractivity contribution in [3.8, 4) is 5.75 Å². The molecule has 2 aromatic heterocycles. The van der Waals surface area contributed by atoms with Crippen LogP contribution in [-0.2, 0) is 13.0 Å². The fourth-order valence-electron chi connectivity index (χ4n) is 3.18. The number of rotatable bonds is 6. The van der Waals surface area contributed by atoms with Crippen LogP contribution in [0.5, 0.6) is 5.75 Å². The first-order valence-corrected chi connectivity index (χ1v) is 8.65. The summed E-state index contributed by atoms with van der Waals surface area (Å²) >= 11 is 0. The second-order valence-corrected chi connectivity index (χ2v) is 7.10. The average molecular weight is 343 g/mol. The smallest absolute Gasteiger partial charge is 0.229 e.